The number of hydrogen-bond donors (Lipinski definition) is 0. The molecule has 0 aliphatic heterocycles. The van der Waals surface area contributed by atoms with Gasteiger partial charge in [-0.25, -0.2) is 9.97 Å². The van der Waals surface area contributed by atoms with Crippen molar-refractivity contribution in [2.45, 2.75) is 13.8 Å². The Kier molecular flexibility index (Phi) is 4.21. The van der Waals surface area contributed by atoms with E-state index in [9.17, 15) is 0 Å². The number of hydrogen-bond acceptors (Lipinski definition) is 5. The van der Waals surface area contributed by atoms with Gasteiger partial charge < -0.3 is 4.74 Å². The first-order valence-corrected chi connectivity index (χ1v) is 7.46. The third-order valence-corrected chi connectivity index (χ3v) is 3.88. The minimum atomic E-state index is 0.353. The fourth-order valence-corrected chi connectivity index (χ4v) is 2.47. The van der Waals surface area contributed by atoms with E-state index in [4.69, 9.17) is 16.3 Å². The summed E-state index contributed by atoms with van der Waals surface area (Å²) in [6.45, 7) is 3.61. The Bertz CT molecular complexity index is 908. The number of nitrogens with zero attached hydrogens (tertiary/aromatic N) is 4. The highest BCUT2D eigenvalue weighted by atomic mass is 35.5. The summed E-state index contributed by atoms with van der Waals surface area (Å²) in [6, 6.07) is 11.8. The van der Waals surface area contributed by atoms with Gasteiger partial charge in [-0.2, -0.15) is 0 Å². The molecule has 0 radical (unpaired) electrons. The standard InChI is InChI=1S/C17H15ClN4O/c1-10-15(18)17(20-11(2)19-10)22-21-16-13-7-5-4-6-12(13)8-9-14(16)23-3/h4-9H,1-3H3. The van der Waals surface area contributed by atoms with Crippen LogP contribution in [-0.2, 0) is 0 Å². The van der Waals surface area contributed by atoms with Crippen molar-refractivity contribution in [3.63, 3.8) is 0 Å². The van der Waals surface area contributed by atoms with E-state index in [1.807, 2.05) is 43.3 Å². The number of aryl methyl sites for hydroxylation is 2. The third-order valence-electron chi connectivity index (χ3n) is 3.44. The molecule has 0 bridgehead atoms. The molecule has 2 aromatic carbocycles. The highest BCUT2D eigenvalue weighted by Gasteiger charge is 2.10. The molecule has 23 heavy (non-hydrogen) atoms. The summed E-state index contributed by atoms with van der Waals surface area (Å²) in [5, 5.41) is 11.0. The lowest BCUT2D eigenvalue weighted by atomic mass is 10.1. The van der Waals surface area contributed by atoms with E-state index in [0.29, 0.717) is 33.8 Å². The van der Waals surface area contributed by atoms with Crippen LogP contribution in [0.5, 0.6) is 5.75 Å². The van der Waals surface area contributed by atoms with Gasteiger partial charge in [0, 0.05) is 5.39 Å². The summed E-state index contributed by atoms with van der Waals surface area (Å²) in [6.07, 6.45) is 0. The molecule has 0 aliphatic rings. The van der Waals surface area contributed by atoms with Gasteiger partial charge in [0.05, 0.1) is 12.8 Å². The van der Waals surface area contributed by atoms with Crippen LogP contribution in [0.25, 0.3) is 10.8 Å². The summed E-state index contributed by atoms with van der Waals surface area (Å²) in [4.78, 5) is 8.44. The van der Waals surface area contributed by atoms with Crippen molar-refractivity contribution in [3.8, 4) is 5.75 Å². The number of benzene rings is 2. The molecule has 3 rings (SSSR count). The topological polar surface area (TPSA) is 59.7 Å². The van der Waals surface area contributed by atoms with E-state index >= 15 is 0 Å². The van der Waals surface area contributed by atoms with Gasteiger partial charge in [0.1, 0.15) is 22.3 Å². The van der Waals surface area contributed by atoms with E-state index in [1.54, 1.807) is 14.0 Å². The monoisotopic (exact) mass is 326 g/mol. The van der Waals surface area contributed by atoms with Crippen molar-refractivity contribution in [2.24, 2.45) is 10.2 Å². The van der Waals surface area contributed by atoms with Crippen LogP contribution in [0.1, 0.15) is 11.5 Å². The molecule has 0 aliphatic carbocycles. The smallest absolute Gasteiger partial charge is 0.196 e. The molecule has 6 heteroatoms. The average molecular weight is 327 g/mol. The maximum atomic E-state index is 6.21. The fraction of sp³-hybridized carbons (Fsp3) is 0.176. The molecule has 0 spiro atoms. The zero-order chi connectivity index (χ0) is 16.4. The Balaban J connectivity index is 2.14. The summed E-state index contributed by atoms with van der Waals surface area (Å²) < 4.78 is 5.40. The molecule has 0 unspecified atom stereocenters. The maximum Gasteiger partial charge on any atom is 0.196 e. The van der Waals surface area contributed by atoms with E-state index in [1.165, 1.54) is 0 Å². The summed E-state index contributed by atoms with van der Waals surface area (Å²) in [5.74, 6) is 1.60. The second-order valence-corrected chi connectivity index (χ2v) is 5.41. The van der Waals surface area contributed by atoms with Crippen LogP contribution in [0.4, 0.5) is 11.5 Å². The number of aromatic nitrogens is 2. The van der Waals surface area contributed by atoms with Crippen LogP contribution in [0.15, 0.2) is 46.6 Å². The fourth-order valence-electron chi connectivity index (χ4n) is 2.35. The van der Waals surface area contributed by atoms with E-state index in [2.05, 4.69) is 20.2 Å². The Morgan fingerprint density at radius 2 is 1.78 bits per heavy atom. The average Bonchev–Trinajstić information content (AvgIpc) is 2.56. The molecule has 3 aromatic rings. The van der Waals surface area contributed by atoms with Gasteiger partial charge in [-0.05, 0) is 25.3 Å². The van der Waals surface area contributed by atoms with Crippen molar-refractivity contribution in [1.29, 1.82) is 0 Å². The molecule has 0 saturated heterocycles. The van der Waals surface area contributed by atoms with Crippen molar-refractivity contribution >= 4 is 33.9 Å². The van der Waals surface area contributed by atoms with Crippen LogP contribution in [-0.4, -0.2) is 17.1 Å². The molecule has 0 fully saturated rings. The summed E-state index contributed by atoms with van der Waals surface area (Å²) in [7, 11) is 1.61. The number of azo groups is 1. The molecule has 0 N–H and O–H groups in total. The third kappa shape index (κ3) is 3.00. The minimum absolute atomic E-state index is 0.353. The maximum absolute atomic E-state index is 6.21. The quantitative estimate of drug-likeness (QED) is 0.611. The van der Waals surface area contributed by atoms with Crippen molar-refractivity contribution in [3.05, 3.63) is 52.9 Å². The Labute approximate surface area is 139 Å². The predicted octanol–water partition coefficient (Wildman–Crippen LogP) is 5.32. The number of fused-ring (bicyclic) bond motifs is 1. The molecule has 1 aromatic heterocycles. The van der Waals surface area contributed by atoms with Gasteiger partial charge in [0.25, 0.3) is 0 Å². The molecule has 0 atom stereocenters. The minimum Gasteiger partial charge on any atom is -0.494 e. The van der Waals surface area contributed by atoms with Crippen LogP contribution in [0.2, 0.25) is 5.02 Å². The first-order valence-electron chi connectivity index (χ1n) is 7.08. The summed E-state index contributed by atoms with van der Waals surface area (Å²) in [5.41, 5.74) is 1.33. The van der Waals surface area contributed by atoms with E-state index < -0.39 is 0 Å². The molecule has 1 heterocycles. The molecular formula is C17H15ClN4O. The van der Waals surface area contributed by atoms with Gasteiger partial charge in [0.2, 0.25) is 0 Å². The van der Waals surface area contributed by atoms with E-state index in [-0.39, 0.29) is 0 Å². The zero-order valence-corrected chi connectivity index (χ0v) is 13.8. The Hall–Kier alpha value is -2.53. The lowest BCUT2D eigenvalue weighted by Gasteiger charge is -2.07. The first-order chi connectivity index (χ1) is 11.1. The van der Waals surface area contributed by atoms with Gasteiger partial charge in [-0.15, -0.1) is 10.2 Å². The highest BCUT2D eigenvalue weighted by Crippen LogP contribution is 2.37. The highest BCUT2D eigenvalue weighted by molar-refractivity contribution is 6.33. The van der Waals surface area contributed by atoms with Crippen molar-refractivity contribution in [1.82, 2.24) is 9.97 Å². The number of halogens is 1. The zero-order valence-electron chi connectivity index (χ0n) is 13.0. The predicted molar refractivity (Wildman–Crippen MR) is 91.2 cm³/mol. The molecule has 116 valence electrons. The lowest BCUT2D eigenvalue weighted by molar-refractivity contribution is 0.416. The van der Waals surface area contributed by atoms with Crippen LogP contribution in [0, 0.1) is 13.8 Å². The molecule has 0 saturated carbocycles. The first kappa shape index (κ1) is 15.4. The Morgan fingerprint density at radius 3 is 2.57 bits per heavy atom. The number of ether oxygens (including phenoxy) is 1. The second-order valence-electron chi connectivity index (χ2n) is 5.03. The number of rotatable bonds is 3. The normalized spacial score (nSPS) is 11.3. The molecular weight excluding hydrogens is 312 g/mol. The van der Waals surface area contributed by atoms with E-state index in [0.717, 1.165) is 10.8 Å². The molecule has 0 amide bonds. The summed E-state index contributed by atoms with van der Waals surface area (Å²) >= 11 is 6.21. The second kappa shape index (κ2) is 6.30. The van der Waals surface area contributed by atoms with Gasteiger partial charge in [-0.3, -0.25) is 0 Å². The van der Waals surface area contributed by atoms with Gasteiger partial charge in [0.15, 0.2) is 5.82 Å². The number of methoxy groups -OCH3 is 1. The van der Waals surface area contributed by atoms with Gasteiger partial charge >= 0.3 is 0 Å². The van der Waals surface area contributed by atoms with Gasteiger partial charge in [-0.1, -0.05) is 41.9 Å². The Morgan fingerprint density at radius 1 is 1.00 bits per heavy atom. The lowest BCUT2D eigenvalue weighted by Crippen LogP contribution is -1.92. The SMILES string of the molecule is COc1ccc2ccccc2c1N=Nc1nc(C)nc(C)c1Cl. The van der Waals surface area contributed by atoms with Crippen molar-refractivity contribution < 1.29 is 4.74 Å². The molecule has 5 nitrogen and oxygen atoms in total. The largest absolute Gasteiger partial charge is 0.494 e. The van der Waals surface area contributed by atoms with Crippen molar-refractivity contribution in [2.75, 3.05) is 7.11 Å². The van der Waals surface area contributed by atoms with Crippen LogP contribution >= 0.6 is 11.6 Å². The van der Waals surface area contributed by atoms with Crippen LogP contribution in [0.3, 0.4) is 0 Å². The van der Waals surface area contributed by atoms with Crippen LogP contribution < -0.4 is 4.74 Å².